The Morgan fingerprint density at radius 1 is 0.733 bits per heavy atom. The summed E-state index contributed by atoms with van der Waals surface area (Å²) in [5.41, 5.74) is -2.26. The van der Waals surface area contributed by atoms with Crippen LogP contribution in [0, 0.1) is 0 Å². The second-order valence-corrected chi connectivity index (χ2v) is 19.8. The molecule has 0 atom stereocenters. The van der Waals surface area contributed by atoms with E-state index in [0.717, 1.165) is 30.3 Å². The zero-order valence-corrected chi connectivity index (χ0v) is 33.4. The van der Waals surface area contributed by atoms with E-state index in [-0.39, 0.29) is 10.6 Å². The lowest BCUT2D eigenvalue weighted by Crippen LogP contribution is -2.28. The predicted molar refractivity (Wildman–Crippen MR) is 207 cm³/mol. The van der Waals surface area contributed by atoms with Crippen molar-refractivity contribution >= 4 is 102 Å². The van der Waals surface area contributed by atoms with Gasteiger partial charge in [0.05, 0.1) is 39.1 Å². The molecule has 4 aromatic carbocycles. The number of H-pyrrole nitrogens is 1. The number of allylic oxidation sites excluding steroid dienone is 1. The zero-order chi connectivity index (χ0) is 44.2. The number of fused-ring (bicyclic) bond motifs is 2. The highest BCUT2D eigenvalue weighted by atomic mass is 32.2. The molecule has 1 aromatic heterocycles. The molecule has 60 heavy (non-hydrogen) atoms. The molecule has 0 bridgehead atoms. The number of hydrogen-bond donors (Lipinski definition) is 9. The van der Waals surface area contributed by atoms with Crippen LogP contribution < -0.4 is 16.4 Å². The third-order valence-corrected chi connectivity index (χ3v) is 13.4. The summed E-state index contributed by atoms with van der Waals surface area (Å²) in [5, 5.41) is 24.8. The number of carbonyl (C=O) groups excluding carboxylic acids is 1. The summed E-state index contributed by atoms with van der Waals surface area (Å²) in [7, 11) is -24.7. The number of aliphatic hydroxyl groups excluding tert-OH is 1. The van der Waals surface area contributed by atoms with Gasteiger partial charge in [-0.15, -0.1) is 0 Å². The monoisotopic (exact) mass is 927 g/mol. The van der Waals surface area contributed by atoms with E-state index in [1.807, 2.05) is 0 Å². The number of hydrogen-bond acceptors (Lipinski definition) is 19. The summed E-state index contributed by atoms with van der Waals surface area (Å²) in [6, 6.07) is 10.1. The highest BCUT2D eigenvalue weighted by Gasteiger charge is 2.36. The van der Waals surface area contributed by atoms with Crippen LogP contribution in [0.2, 0.25) is 0 Å². The van der Waals surface area contributed by atoms with E-state index in [0.29, 0.717) is 18.2 Å². The van der Waals surface area contributed by atoms with Crippen molar-refractivity contribution in [1.82, 2.24) is 15.0 Å². The Bertz CT molecular complexity index is 3370. The fraction of sp³-hybridized carbons (Fsp3) is 0.0645. The van der Waals surface area contributed by atoms with Crippen LogP contribution in [0.15, 0.2) is 101 Å². The molecule has 6 rings (SSSR count). The van der Waals surface area contributed by atoms with Crippen LogP contribution in [0.5, 0.6) is 6.01 Å². The number of hydrazone groups is 1. The number of ketones is 1. The smallest absolute Gasteiger partial charge is 0.297 e. The highest BCUT2D eigenvalue weighted by molar-refractivity contribution is 7.91. The number of sulfone groups is 1. The Labute approximate surface area is 337 Å². The van der Waals surface area contributed by atoms with Crippen molar-refractivity contribution < 1.29 is 75.3 Å². The summed E-state index contributed by atoms with van der Waals surface area (Å²) in [6.45, 7) is -0.624. The van der Waals surface area contributed by atoms with Gasteiger partial charge < -0.3 is 15.5 Å². The second kappa shape index (κ2) is 15.5. The van der Waals surface area contributed by atoms with Crippen molar-refractivity contribution in [2.24, 2.45) is 10.1 Å². The van der Waals surface area contributed by atoms with Gasteiger partial charge in [-0.05, 0) is 60.2 Å². The quantitative estimate of drug-likeness (QED) is 0.0623. The van der Waals surface area contributed by atoms with E-state index in [9.17, 15) is 70.2 Å². The zero-order valence-electron chi connectivity index (χ0n) is 29.3. The molecule has 0 radical (unpaired) electrons. The number of rotatable bonds is 12. The van der Waals surface area contributed by atoms with Gasteiger partial charge >= 0.3 is 0 Å². The minimum Gasteiger partial charge on any atom is -0.480 e. The summed E-state index contributed by atoms with van der Waals surface area (Å²) in [6.07, 6.45) is 0.543. The fourth-order valence-corrected chi connectivity index (χ4v) is 9.46. The lowest BCUT2D eigenvalue weighted by molar-refractivity contribution is 0.106. The standard InChI is InChI=1S/C31H25N7O17S5/c39-10-11-56(42,43)17-6-4-16(5-7-17)32-29-34-30(36-31(41)35-29)33-22-14-18(57(44,45)46)12-15-13-24(59(50,51)52)26(27(40)25(15)22)38-37-21-9-8-19-20(28(21)60(53,54)55)2-1-3-23(19)58(47,48)49/h1-9,12-14,37,39H,10-11H2,(H,44,45,46)(H,47,48,49)(H,50,51,52)(H,53,54,55)(H3,32,33,34,35,36,41)/b38-26+. The van der Waals surface area contributed by atoms with E-state index >= 15 is 0 Å². The van der Waals surface area contributed by atoms with Gasteiger partial charge in [-0.3, -0.25) is 33.4 Å². The lowest BCUT2D eigenvalue weighted by atomic mass is 9.93. The van der Waals surface area contributed by atoms with Crippen LogP contribution in [0.3, 0.4) is 0 Å². The van der Waals surface area contributed by atoms with E-state index in [1.54, 1.807) is 0 Å². The lowest BCUT2D eigenvalue weighted by Gasteiger charge is -2.19. The molecule has 0 aliphatic heterocycles. The van der Waals surface area contributed by atoms with E-state index in [4.69, 9.17) is 5.11 Å². The van der Waals surface area contributed by atoms with Gasteiger partial charge in [0.15, 0.2) is 15.5 Å². The number of aromatic amines is 1. The normalized spacial score (nSPS) is 14.9. The van der Waals surface area contributed by atoms with E-state index in [2.05, 4.69) is 35.8 Å². The third kappa shape index (κ3) is 9.08. The average molecular weight is 928 g/mol. The summed E-state index contributed by atoms with van der Waals surface area (Å²) in [4.78, 5) is 23.9. The first-order valence-electron chi connectivity index (χ1n) is 15.9. The van der Waals surface area contributed by atoms with Crippen molar-refractivity contribution in [1.29, 1.82) is 0 Å². The largest absolute Gasteiger partial charge is 0.480 e. The molecule has 29 heteroatoms. The Balaban J connectivity index is 1.50. The average Bonchev–Trinajstić information content (AvgIpc) is 3.12. The van der Waals surface area contributed by atoms with Crippen LogP contribution in [-0.2, 0) is 50.3 Å². The summed E-state index contributed by atoms with van der Waals surface area (Å²) < 4.78 is 163. The molecule has 0 unspecified atom stereocenters. The fourth-order valence-electron chi connectivity index (χ4n) is 5.69. The maximum atomic E-state index is 14.1. The number of aromatic nitrogens is 3. The van der Waals surface area contributed by atoms with E-state index < -0.39 is 145 Å². The van der Waals surface area contributed by atoms with E-state index in [1.165, 1.54) is 24.3 Å². The Kier molecular flexibility index (Phi) is 11.3. The molecule has 5 aromatic rings. The van der Waals surface area contributed by atoms with Crippen LogP contribution in [0.1, 0.15) is 15.9 Å². The van der Waals surface area contributed by atoms with Gasteiger partial charge in [0.2, 0.25) is 17.3 Å². The number of aromatic hydroxyl groups is 1. The number of anilines is 3. The molecule has 0 fully saturated rings. The topological polar surface area (TPSA) is 399 Å². The molecule has 9 N–H and O–H groups in total. The molecule has 0 saturated carbocycles. The first-order chi connectivity index (χ1) is 27.8. The first kappa shape index (κ1) is 43.6. The molecule has 1 aliphatic carbocycles. The van der Waals surface area contributed by atoms with Crippen LogP contribution in [0.25, 0.3) is 16.8 Å². The maximum Gasteiger partial charge on any atom is 0.297 e. The summed E-state index contributed by atoms with van der Waals surface area (Å²) >= 11 is 0. The summed E-state index contributed by atoms with van der Waals surface area (Å²) in [5.74, 6) is -2.42. The van der Waals surface area contributed by atoms with Gasteiger partial charge in [0, 0.05) is 16.5 Å². The number of aliphatic hydroxyl groups is 1. The molecular weight excluding hydrogens is 903 g/mol. The van der Waals surface area contributed by atoms with Crippen molar-refractivity contribution in [3.8, 4) is 6.01 Å². The molecular formula is C31H25N7O17S5. The third-order valence-electron chi connectivity index (χ3n) is 8.16. The van der Waals surface area contributed by atoms with Gasteiger partial charge in [0.25, 0.3) is 46.5 Å². The van der Waals surface area contributed by atoms with Crippen LogP contribution >= 0.6 is 0 Å². The Morgan fingerprint density at radius 2 is 1.42 bits per heavy atom. The van der Waals surface area contributed by atoms with Gasteiger partial charge in [0.1, 0.15) is 14.7 Å². The number of benzene rings is 4. The van der Waals surface area contributed by atoms with Crippen molar-refractivity contribution in [2.75, 3.05) is 23.1 Å². The molecule has 0 amide bonds. The minimum atomic E-state index is -5.47. The predicted octanol–water partition coefficient (Wildman–Crippen LogP) is 1.04. The minimum absolute atomic E-state index is 0.133. The maximum absolute atomic E-state index is 14.1. The first-order valence-corrected chi connectivity index (χ1v) is 23.4. The van der Waals surface area contributed by atoms with Crippen molar-refractivity contribution in [2.45, 2.75) is 19.6 Å². The van der Waals surface area contributed by atoms with Gasteiger partial charge in [-0.2, -0.15) is 48.7 Å². The Hall–Kier alpha value is -6.02. The second-order valence-electron chi connectivity index (χ2n) is 12.1. The van der Waals surface area contributed by atoms with Gasteiger partial charge in [-0.25, -0.2) is 13.4 Å². The highest BCUT2D eigenvalue weighted by Crippen LogP contribution is 2.37. The Morgan fingerprint density at radius 3 is 2.02 bits per heavy atom. The SMILES string of the molecule is O=C1/C(=N/Nc2ccc3c(S(=O)(=O)O)cccc3c2S(=O)(=O)O)C(S(=O)(=O)O)=Cc2cc(S(=O)(=O)O)cc(N=c3nc(Nc4ccc(S(=O)(=O)CCO)cc4)nc(O)[nH]3)c21. The number of nitrogens with one attached hydrogen (secondary N) is 3. The van der Waals surface area contributed by atoms with Gasteiger partial charge in [-0.1, -0.05) is 18.2 Å². The molecule has 1 heterocycles. The van der Waals surface area contributed by atoms with Crippen LogP contribution in [0.4, 0.5) is 23.0 Å². The van der Waals surface area contributed by atoms with Crippen molar-refractivity contribution in [3.63, 3.8) is 0 Å². The molecule has 0 saturated heterocycles. The molecule has 0 spiro atoms. The number of nitrogens with zero attached hydrogens (tertiary/aromatic N) is 4. The molecule has 316 valence electrons. The van der Waals surface area contributed by atoms with Crippen LogP contribution in [-0.4, -0.2) is 109 Å². The molecule has 24 nitrogen and oxygen atoms in total. The van der Waals surface area contributed by atoms with Crippen molar-refractivity contribution in [3.05, 3.63) is 88.4 Å². The number of Topliss-reactive ketones (excluding diaryl/α,β-unsaturated/α-hetero) is 1. The number of carbonyl (C=O) groups is 1. The molecule has 1 aliphatic rings.